The number of hydrogen-bond donors (Lipinski definition) is 2. The van der Waals surface area contributed by atoms with E-state index in [2.05, 4.69) is 15.7 Å². The van der Waals surface area contributed by atoms with Crippen LogP contribution in [0.3, 0.4) is 0 Å². The highest BCUT2D eigenvalue weighted by atomic mass is 19.4. The van der Waals surface area contributed by atoms with E-state index in [1.165, 1.54) is 0 Å². The van der Waals surface area contributed by atoms with Crippen LogP contribution in [0, 0.1) is 0 Å². The highest BCUT2D eigenvalue weighted by molar-refractivity contribution is 5.94. The molecule has 2 heterocycles. The van der Waals surface area contributed by atoms with Gasteiger partial charge in [0, 0.05) is 25.0 Å². The topological polar surface area (TPSA) is 85.2 Å². The average molecular weight is 396 g/mol. The minimum absolute atomic E-state index is 0.0343. The lowest BCUT2D eigenvalue weighted by Crippen LogP contribution is -2.27. The van der Waals surface area contributed by atoms with E-state index in [9.17, 15) is 22.8 Å². The van der Waals surface area contributed by atoms with Crippen molar-refractivity contribution in [1.29, 1.82) is 0 Å². The summed E-state index contributed by atoms with van der Waals surface area (Å²) in [4.78, 5) is 24.2. The summed E-state index contributed by atoms with van der Waals surface area (Å²) in [6.07, 6.45) is -1.20. The lowest BCUT2D eigenvalue weighted by atomic mass is 10.1. The molecule has 10 heteroatoms. The van der Waals surface area contributed by atoms with Gasteiger partial charge in [-0.3, -0.25) is 14.3 Å². The first-order valence-corrected chi connectivity index (χ1v) is 8.69. The number of anilines is 1. The molecule has 0 spiro atoms. The van der Waals surface area contributed by atoms with E-state index in [-0.39, 0.29) is 18.0 Å². The molecule has 2 amide bonds. The molecule has 2 N–H and O–H groups in total. The van der Waals surface area contributed by atoms with Crippen LogP contribution in [0.4, 0.5) is 18.9 Å². The Bertz CT molecular complexity index is 845. The van der Waals surface area contributed by atoms with Crippen LogP contribution in [0.15, 0.2) is 36.7 Å². The number of ether oxygens (including phenoxy) is 1. The van der Waals surface area contributed by atoms with Crippen LogP contribution < -0.4 is 10.6 Å². The van der Waals surface area contributed by atoms with Crippen LogP contribution >= 0.6 is 0 Å². The van der Waals surface area contributed by atoms with E-state index in [4.69, 9.17) is 4.74 Å². The smallest absolute Gasteiger partial charge is 0.368 e. The molecule has 1 saturated heterocycles. The van der Waals surface area contributed by atoms with Gasteiger partial charge in [0.25, 0.3) is 11.8 Å². The molecule has 0 saturated carbocycles. The number of nitrogens with zero attached hydrogens (tertiary/aromatic N) is 2. The first kappa shape index (κ1) is 19.9. The number of aromatic nitrogens is 2. The summed E-state index contributed by atoms with van der Waals surface area (Å²) in [6, 6.07) is 6.92. The van der Waals surface area contributed by atoms with Gasteiger partial charge in [-0.25, -0.2) is 0 Å². The molecule has 1 aromatic carbocycles. The van der Waals surface area contributed by atoms with Crippen LogP contribution in [-0.2, 0) is 22.6 Å². The van der Waals surface area contributed by atoms with Crippen LogP contribution in [0.2, 0.25) is 0 Å². The largest absolute Gasteiger partial charge is 0.408 e. The number of hydrogen-bond acceptors (Lipinski definition) is 4. The van der Waals surface area contributed by atoms with Gasteiger partial charge in [-0.05, 0) is 30.5 Å². The van der Waals surface area contributed by atoms with Crippen molar-refractivity contribution >= 4 is 17.5 Å². The lowest BCUT2D eigenvalue weighted by molar-refractivity contribution is -0.142. The van der Waals surface area contributed by atoms with Gasteiger partial charge in [0.15, 0.2) is 0 Å². The van der Waals surface area contributed by atoms with Crippen molar-refractivity contribution < 1.29 is 27.5 Å². The monoisotopic (exact) mass is 396 g/mol. The second-order valence-corrected chi connectivity index (χ2v) is 6.42. The lowest BCUT2D eigenvalue weighted by Gasteiger charge is -2.11. The first-order valence-electron chi connectivity index (χ1n) is 8.69. The molecule has 0 aliphatic carbocycles. The van der Waals surface area contributed by atoms with Gasteiger partial charge in [0.05, 0.1) is 11.8 Å². The molecule has 1 aliphatic rings. The predicted molar refractivity (Wildman–Crippen MR) is 93.5 cm³/mol. The maximum absolute atomic E-state index is 12.3. The third kappa shape index (κ3) is 5.56. The van der Waals surface area contributed by atoms with Gasteiger partial charge in [-0.1, -0.05) is 12.1 Å². The Morgan fingerprint density at radius 3 is 2.86 bits per heavy atom. The van der Waals surface area contributed by atoms with Crippen molar-refractivity contribution in [2.24, 2.45) is 0 Å². The Balaban J connectivity index is 1.54. The summed E-state index contributed by atoms with van der Waals surface area (Å²) in [5.41, 5.74) is 1.33. The zero-order chi connectivity index (χ0) is 20.1. The van der Waals surface area contributed by atoms with Gasteiger partial charge >= 0.3 is 6.18 Å². The van der Waals surface area contributed by atoms with E-state index in [1.54, 1.807) is 24.3 Å². The minimum atomic E-state index is -4.41. The summed E-state index contributed by atoms with van der Waals surface area (Å²) < 4.78 is 43.0. The maximum Gasteiger partial charge on any atom is 0.408 e. The number of nitrogens with one attached hydrogen (secondary N) is 2. The second-order valence-electron chi connectivity index (χ2n) is 6.42. The van der Waals surface area contributed by atoms with Gasteiger partial charge in [-0.15, -0.1) is 0 Å². The van der Waals surface area contributed by atoms with Gasteiger partial charge in [0.2, 0.25) is 0 Å². The Hall–Kier alpha value is -2.88. The number of carbonyl (C=O) groups is 2. The summed E-state index contributed by atoms with van der Waals surface area (Å²) in [7, 11) is 0. The second kappa shape index (κ2) is 8.42. The molecule has 2 aromatic rings. The molecule has 1 unspecified atom stereocenters. The summed E-state index contributed by atoms with van der Waals surface area (Å²) in [5.74, 6) is -0.752. The molecular formula is C18H19F3N4O3. The minimum Gasteiger partial charge on any atom is -0.368 e. The molecule has 7 nitrogen and oxygen atoms in total. The third-order valence-corrected chi connectivity index (χ3v) is 4.11. The van der Waals surface area contributed by atoms with Gasteiger partial charge < -0.3 is 15.4 Å². The average Bonchev–Trinajstić information content (AvgIpc) is 3.30. The molecule has 150 valence electrons. The van der Waals surface area contributed by atoms with Crippen molar-refractivity contribution in [3.8, 4) is 0 Å². The van der Waals surface area contributed by atoms with Crippen LogP contribution in [0.5, 0.6) is 0 Å². The van der Waals surface area contributed by atoms with Gasteiger partial charge in [-0.2, -0.15) is 18.3 Å². The number of benzene rings is 1. The number of amides is 2. The van der Waals surface area contributed by atoms with Crippen LogP contribution in [0.25, 0.3) is 0 Å². The zero-order valence-electron chi connectivity index (χ0n) is 14.8. The van der Waals surface area contributed by atoms with Gasteiger partial charge in [0.1, 0.15) is 12.6 Å². The van der Waals surface area contributed by atoms with E-state index in [0.29, 0.717) is 23.4 Å². The van der Waals surface area contributed by atoms with E-state index < -0.39 is 24.7 Å². The summed E-state index contributed by atoms with van der Waals surface area (Å²) in [5, 5.41) is 8.93. The first-order chi connectivity index (χ1) is 13.3. The van der Waals surface area contributed by atoms with Crippen molar-refractivity contribution in [1.82, 2.24) is 15.1 Å². The highest BCUT2D eigenvalue weighted by Crippen LogP contribution is 2.18. The van der Waals surface area contributed by atoms with Crippen LogP contribution in [0.1, 0.15) is 28.8 Å². The molecule has 1 atom stereocenters. The molecule has 1 fully saturated rings. The Morgan fingerprint density at radius 2 is 2.14 bits per heavy atom. The third-order valence-electron chi connectivity index (χ3n) is 4.11. The summed E-state index contributed by atoms with van der Waals surface area (Å²) in [6.45, 7) is -0.538. The van der Waals surface area contributed by atoms with Crippen molar-refractivity contribution in [3.05, 3.63) is 47.8 Å². The fourth-order valence-corrected chi connectivity index (χ4v) is 2.80. The fourth-order valence-electron chi connectivity index (χ4n) is 2.80. The number of rotatable bonds is 6. The molecule has 28 heavy (non-hydrogen) atoms. The van der Waals surface area contributed by atoms with Crippen molar-refractivity contribution in [3.63, 3.8) is 0 Å². The van der Waals surface area contributed by atoms with Crippen LogP contribution in [-0.4, -0.2) is 40.5 Å². The van der Waals surface area contributed by atoms with Crippen molar-refractivity contribution in [2.75, 3.05) is 11.9 Å². The number of carbonyl (C=O) groups excluding carboxylic acids is 2. The number of halogens is 3. The van der Waals surface area contributed by atoms with E-state index >= 15 is 0 Å². The molecule has 0 radical (unpaired) electrons. The normalized spacial score (nSPS) is 16.8. The molecule has 1 aromatic heterocycles. The SMILES string of the molecule is O=C(NCc1cccc(NC(=O)C2CCCO2)c1)c1cnn(CC(F)(F)F)c1. The Morgan fingerprint density at radius 1 is 1.32 bits per heavy atom. The highest BCUT2D eigenvalue weighted by Gasteiger charge is 2.28. The summed E-state index contributed by atoms with van der Waals surface area (Å²) >= 11 is 0. The van der Waals surface area contributed by atoms with E-state index in [1.807, 2.05) is 0 Å². The predicted octanol–water partition coefficient (Wildman–Crippen LogP) is 2.49. The Kier molecular flexibility index (Phi) is 5.98. The standard InChI is InChI=1S/C18H19F3N4O3/c19-18(20,21)11-25-10-13(9-23-25)16(26)22-8-12-3-1-4-14(7-12)24-17(27)15-5-2-6-28-15/h1,3-4,7,9-10,15H,2,5-6,8,11H2,(H,22,26)(H,24,27). The molecule has 1 aliphatic heterocycles. The Labute approximate surface area is 158 Å². The molecular weight excluding hydrogens is 377 g/mol. The fraction of sp³-hybridized carbons (Fsp3) is 0.389. The van der Waals surface area contributed by atoms with E-state index in [0.717, 1.165) is 24.4 Å². The quantitative estimate of drug-likeness (QED) is 0.786. The zero-order valence-corrected chi connectivity index (χ0v) is 14.8. The molecule has 3 rings (SSSR count). The van der Waals surface area contributed by atoms with Crippen molar-refractivity contribution in [2.45, 2.75) is 38.2 Å². The number of alkyl halides is 3. The molecule has 0 bridgehead atoms. The maximum atomic E-state index is 12.3.